The van der Waals surface area contributed by atoms with Gasteiger partial charge in [0.25, 0.3) is 5.91 Å². The first-order chi connectivity index (χ1) is 12.6. The highest BCUT2D eigenvalue weighted by Gasteiger charge is 2.18. The Balaban J connectivity index is 1.85. The fourth-order valence-corrected chi connectivity index (χ4v) is 3.68. The van der Waals surface area contributed by atoms with E-state index in [1.54, 1.807) is 24.6 Å². The molecule has 0 aliphatic carbocycles. The number of aromatic nitrogens is 3. The molecule has 2 aromatic heterocycles. The Bertz CT molecular complexity index is 874. The largest absolute Gasteiger partial charge is 0.378 e. The van der Waals surface area contributed by atoms with Crippen molar-refractivity contribution in [2.75, 3.05) is 7.11 Å². The van der Waals surface area contributed by atoms with Crippen LogP contribution in [-0.2, 0) is 11.3 Å². The summed E-state index contributed by atoms with van der Waals surface area (Å²) in [5, 5.41) is 13.2. The van der Waals surface area contributed by atoms with Crippen molar-refractivity contribution in [1.29, 1.82) is 0 Å². The quantitative estimate of drug-likeness (QED) is 0.662. The summed E-state index contributed by atoms with van der Waals surface area (Å²) in [5.41, 5.74) is 4.31. The first-order valence-electron chi connectivity index (χ1n) is 8.47. The topological polar surface area (TPSA) is 79.9 Å². The number of H-pyrrole nitrogens is 1. The van der Waals surface area contributed by atoms with Gasteiger partial charge in [-0.2, -0.15) is 5.10 Å². The zero-order valence-corrected chi connectivity index (χ0v) is 15.9. The van der Waals surface area contributed by atoms with Gasteiger partial charge in [-0.05, 0) is 31.0 Å². The molecule has 0 saturated carbocycles. The van der Waals surface area contributed by atoms with Crippen molar-refractivity contribution in [3.8, 4) is 11.1 Å². The molecule has 0 aliphatic heterocycles. The van der Waals surface area contributed by atoms with Crippen molar-refractivity contribution in [3.05, 3.63) is 57.8 Å². The molecule has 0 spiro atoms. The van der Waals surface area contributed by atoms with Gasteiger partial charge < -0.3 is 10.1 Å². The van der Waals surface area contributed by atoms with Gasteiger partial charge in [-0.1, -0.05) is 19.1 Å². The minimum atomic E-state index is -0.108. The van der Waals surface area contributed by atoms with Crippen LogP contribution in [0.3, 0.4) is 0 Å². The van der Waals surface area contributed by atoms with Crippen LogP contribution in [0.4, 0.5) is 0 Å². The second-order valence-electron chi connectivity index (χ2n) is 5.99. The third-order valence-electron chi connectivity index (χ3n) is 4.18. The smallest absolute Gasteiger partial charge is 0.251 e. The molecule has 0 bridgehead atoms. The maximum Gasteiger partial charge on any atom is 0.251 e. The molecule has 2 heterocycles. The standard InChI is InChI=1S/C19H22N4O2S/c1-4-15(19-20-8-9-26-19)21-18(24)14-7-5-6-13(10-14)17-12(2)22-23-16(17)11-25-3/h5-10,15H,4,11H2,1-3H3,(H,21,24)(H,22,23)/t15-/m1/s1. The SMILES string of the molecule is CC[C@@H](NC(=O)c1cccc(-c2c(COC)n[nH]c2C)c1)c1nccs1. The Morgan fingerprint density at radius 3 is 2.96 bits per heavy atom. The number of carbonyl (C=O) groups is 1. The highest BCUT2D eigenvalue weighted by molar-refractivity contribution is 7.09. The molecule has 1 aromatic carbocycles. The van der Waals surface area contributed by atoms with Gasteiger partial charge in [0.15, 0.2) is 0 Å². The third kappa shape index (κ3) is 3.84. The van der Waals surface area contributed by atoms with E-state index in [1.165, 1.54) is 0 Å². The molecule has 26 heavy (non-hydrogen) atoms. The summed E-state index contributed by atoms with van der Waals surface area (Å²) >= 11 is 1.55. The molecule has 3 rings (SSSR count). The van der Waals surface area contributed by atoms with E-state index < -0.39 is 0 Å². The van der Waals surface area contributed by atoms with Gasteiger partial charge in [-0.15, -0.1) is 11.3 Å². The summed E-state index contributed by atoms with van der Waals surface area (Å²) < 4.78 is 5.22. The lowest BCUT2D eigenvalue weighted by Crippen LogP contribution is -2.28. The summed E-state index contributed by atoms with van der Waals surface area (Å²) in [6, 6.07) is 7.49. The zero-order chi connectivity index (χ0) is 18.5. The Morgan fingerprint density at radius 2 is 2.27 bits per heavy atom. The van der Waals surface area contributed by atoms with E-state index in [-0.39, 0.29) is 11.9 Å². The normalized spacial score (nSPS) is 12.1. The van der Waals surface area contributed by atoms with E-state index in [4.69, 9.17) is 4.74 Å². The van der Waals surface area contributed by atoms with Crippen LogP contribution in [0.1, 0.15) is 46.1 Å². The predicted octanol–water partition coefficient (Wildman–Crippen LogP) is 3.87. The van der Waals surface area contributed by atoms with E-state index in [0.29, 0.717) is 12.2 Å². The molecule has 0 radical (unpaired) electrons. The Kier molecular flexibility index (Phi) is 5.80. The van der Waals surface area contributed by atoms with Crippen LogP contribution in [0.25, 0.3) is 11.1 Å². The number of hydrogen-bond acceptors (Lipinski definition) is 5. The molecule has 1 amide bonds. The van der Waals surface area contributed by atoms with E-state index in [1.807, 2.05) is 43.5 Å². The predicted molar refractivity (Wildman–Crippen MR) is 102 cm³/mol. The number of rotatable bonds is 7. The zero-order valence-electron chi connectivity index (χ0n) is 15.1. The van der Waals surface area contributed by atoms with Gasteiger partial charge >= 0.3 is 0 Å². The van der Waals surface area contributed by atoms with Crippen molar-refractivity contribution < 1.29 is 9.53 Å². The highest BCUT2D eigenvalue weighted by Crippen LogP contribution is 2.27. The van der Waals surface area contributed by atoms with E-state index in [0.717, 1.165) is 33.9 Å². The number of carbonyl (C=O) groups excluding carboxylic acids is 1. The monoisotopic (exact) mass is 370 g/mol. The fraction of sp³-hybridized carbons (Fsp3) is 0.316. The lowest BCUT2D eigenvalue weighted by atomic mass is 10.0. The van der Waals surface area contributed by atoms with Crippen molar-refractivity contribution in [2.45, 2.75) is 32.9 Å². The average molecular weight is 370 g/mol. The number of nitrogens with zero attached hydrogens (tertiary/aromatic N) is 2. The number of nitrogens with one attached hydrogen (secondary N) is 2. The second kappa shape index (κ2) is 8.25. The number of aryl methyl sites for hydroxylation is 1. The Labute approximate surface area is 156 Å². The van der Waals surface area contributed by atoms with Crippen LogP contribution in [0.2, 0.25) is 0 Å². The van der Waals surface area contributed by atoms with Crippen molar-refractivity contribution in [2.24, 2.45) is 0 Å². The van der Waals surface area contributed by atoms with Crippen LogP contribution < -0.4 is 5.32 Å². The minimum absolute atomic E-state index is 0.0779. The maximum atomic E-state index is 12.7. The molecule has 0 saturated heterocycles. The van der Waals surface area contributed by atoms with Crippen LogP contribution >= 0.6 is 11.3 Å². The Morgan fingerprint density at radius 1 is 1.42 bits per heavy atom. The second-order valence-corrected chi connectivity index (χ2v) is 6.91. The number of thiazole rings is 1. The first kappa shape index (κ1) is 18.3. The summed E-state index contributed by atoms with van der Waals surface area (Å²) in [7, 11) is 1.64. The van der Waals surface area contributed by atoms with Gasteiger partial charge in [0.2, 0.25) is 0 Å². The molecule has 3 aromatic rings. The van der Waals surface area contributed by atoms with Crippen LogP contribution in [0.5, 0.6) is 0 Å². The van der Waals surface area contributed by atoms with E-state index in [9.17, 15) is 4.79 Å². The summed E-state index contributed by atoms with van der Waals surface area (Å²) in [6.45, 7) is 4.41. The molecule has 0 unspecified atom stereocenters. The number of benzene rings is 1. The van der Waals surface area contributed by atoms with Gasteiger partial charge in [-0.3, -0.25) is 9.89 Å². The summed E-state index contributed by atoms with van der Waals surface area (Å²) in [6.07, 6.45) is 2.55. The van der Waals surface area contributed by atoms with Crippen molar-refractivity contribution in [3.63, 3.8) is 0 Å². The van der Waals surface area contributed by atoms with Crippen LogP contribution in [-0.4, -0.2) is 28.2 Å². The number of methoxy groups -OCH3 is 1. The molecule has 1 atom stereocenters. The van der Waals surface area contributed by atoms with Gasteiger partial charge in [0.1, 0.15) is 5.01 Å². The van der Waals surface area contributed by atoms with E-state index in [2.05, 4.69) is 20.5 Å². The molecule has 6 nitrogen and oxygen atoms in total. The fourth-order valence-electron chi connectivity index (χ4n) is 2.91. The third-order valence-corrected chi connectivity index (χ3v) is 5.07. The van der Waals surface area contributed by atoms with Crippen LogP contribution in [0, 0.1) is 6.92 Å². The molecular weight excluding hydrogens is 348 g/mol. The number of ether oxygens (including phenoxy) is 1. The highest BCUT2D eigenvalue weighted by atomic mass is 32.1. The first-order valence-corrected chi connectivity index (χ1v) is 9.35. The van der Waals surface area contributed by atoms with Gasteiger partial charge in [0, 0.05) is 35.5 Å². The lowest BCUT2D eigenvalue weighted by molar-refractivity contribution is 0.0935. The molecule has 0 fully saturated rings. The molecule has 0 aliphatic rings. The molecular formula is C19H22N4O2S. The minimum Gasteiger partial charge on any atom is -0.378 e. The number of amides is 1. The summed E-state index contributed by atoms with van der Waals surface area (Å²) in [5.74, 6) is -0.108. The van der Waals surface area contributed by atoms with Crippen LogP contribution in [0.15, 0.2) is 35.8 Å². The Hall–Kier alpha value is -2.51. The molecule has 2 N–H and O–H groups in total. The lowest BCUT2D eigenvalue weighted by Gasteiger charge is -2.15. The summed E-state index contributed by atoms with van der Waals surface area (Å²) in [4.78, 5) is 17.1. The van der Waals surface area contributed by atoms with Gasteiger partial charge in [-0.25, -0.2) is 4.98 Å². The maximum absolute atomic E-state index is 12.7. The average Bonchev–Trinajstić information content (AvgIpc) is 3.30. The van der Waals surface area contributed by atoms with Crippen molar-refractivity contribution >= 4 is 17.2 Å². The van der Waals surface area contributed by atoms with Crippen molar-refractivity contribution in [1.82, 2.24) is 20.5 Å². The number of aromatic amines is 1. The van der Waals surface area contributed by atoms with E-state index >= 15 is 0 Å². The molecule has 7 heteroatoms. The molecule has 136 valence electrons. The number of hydrogen-bond donors (Lipinski definition) is 2. The van der Waals surface area contributed by atoms with Gasteiger partial charge in [0.05, 0.1) is 18.3 Å².